The van der Waals surface area contributed by atoms with Crippen LogP contribution in [0.2, 0.25) is 0 Å². The highest BCUT2D eigenvalue weighted by atomic mass is 15.1. The van der Waals surface area contributed by atoms with Gasteiger partial charge in [0.05, 0.1) is 12.1 Å². The second kappa shape index (κ2) is 10.3. The van der Waals surface area contributed by atoms with Gasteiger partial charge in [0, 0.05) is 19.1 Å². The Kier molecular flexibility index (Phi) is 10.0. The zero-order valence-corrected chi connectivity index (χ0v) is 12.9. The van der Waals surface area contributed by atoms with E-state index in [-0.39, 0.29) is 6.04 Å². The molecule has 0 saturated heterocycles. The first-order valence-corrected chi connectivity index (χ1v) is 7.45. The van der Waals surface area contributed by atoms with E-state index in [1.807, 2.05) is 0 Å². The zero-order valence-electron chi connectivity index (χ0n) is 12.9. The molecule has 0 saturated carbocycles. The van der Waals surface area contributed by atoms with Gasteiger partial charge in [-0.1, -0.05) is 33.6 Å². The molecule has 0 rings (SSSR count). The second-order valence-corrected chi connectivity index (χ2v) is 5.37. The summed E-state index contributed by atoms with van der Waals surface area (Å²) in [5, 5.41) is 12.4. The molecule has 0 heterocycles. The Morgan fingerprint density at radius 1 is 1.17 bits per heavy atom. The number of nitrogens with zero attached hydrogens (tertiary/aromatic N) is 2. The predicted molar refractivity (Wildman–Crippen MR) is 78.5 cm³/mol. The van der Waals surface area contributed by atoms with Crippen LogP contribution in [0.5, 0.6) is 0 Å². The summed E-state index contributed by atoms with van der Waals surface area (Å²) in [5.74, 6) is 0.795. The van der Waals surface area contributed by atoms with E-state index in [0.29, 0.717) is 6.04 Å². The van der Waals surface area contributed by atoms with Gasteiger partial charge in [-0.15, -0.1) is 0 Å². The van der Waals surface area contributed by atoms with Crippen LogP contribution in [0.15, 0.2) is 0 Å². The van der Waals surface area contributed by atoms with Crippen LogP contribution in [-0.2, 0) is 0 Å². The van der Waals surface area contributed by atoms with Gasteiger partial charge in [-0.2, -0.15) is 5.26 Å². The maximum absolute atomic E-state index is 9.10. The molecule has 0 radical (unpaired) electrons. The molecule has 0 aromatic heterocycles. The molecule has 106 valence electrons. The lowest BCUT2D eigenvalue weighted by Crippen LogP contribution is -2.38. The van der Waals surface area contributed by atoms with Crippen molar-refractivity contribution in [2.75, 3.05) is 19.6 Å². The van der Waals surface area contributed by atoms with E-state index in [0.717, 1.165) is 25.4 Å². The molecule has 18 heavy (non-hydrogen) atoms. The Labute approximate surface area is 114 Å². The van der Waals surface area contributed by atoms with Crippen LogP contribution >= 0.6 is 0 Å². The van der Waals surface area contributed by atoms with Gasteiger partial charge >= 0.3 is 0 Å². The van der Waals surface area contributed by atoms with E-state index in [1.54, 1.807) is 0 Å². The van der Waals surface area contributed by atoms with Crippen LogP contribution in [0.25, 0.3) is 0 Å². The van der Waals surface area contributed by atoms with Gasteiger partial charge in [0.2, 0.25) is 0 Å². The van der Waals surface area contributed by atoms with E-state index in [4.69, 9.17) is 5.26 Å². The third-order valence-corrected chi connectivity index (χ3v) is 3.54. The smallest absolute Gasteiger partial charge is 0.0967 e. The van der Waals surface area contributed by atoms with Crippen LogP contribution in [0.1, 0.15) is 53.9 Å². The van der Waals surface area contributed by atoms with Crippen LogP contribution < -0.4 is 5.32 Å². The third kappa shape index (κ3) is 7.68. The summed E-state index contributed by atoms with van der Waals surface area (Å²) in [4.78, 5) is 2.48. The highest BCUT2D eigenvalue weighted by Crippen LogP contribution is 2.10. The lowest BCUT2D eigenvalue weighted by atomic mass is 10.0. The van der Waals surface area contributed by atoms with Gasteiger partial charge in [-0.05, 0) is 32.7 Å². The topological polar surface area (TPSA) is 39.1 Å². The van der Waals surface area contributed by atoms with E-state index >= 15 is 0 Å². The van der Waals surface area contributed by atoms with Gasteiger partial charge in [0.15, 0.2) is 0 Å². The second-order valence-electron chi connectivity index (χ2n) is 5.37. The summed E-state index contributed by atoms with van der Waals surface area (Å²) in [6, 6.07) is 2.72. The summed E-state index contributed by atoms with van der Waals surface area (Å²) in [5.41, 5.74) is 0. The fraction of sp³-hybridized carbons (Fsp3) is 0.933. The Bertz CT molecular complexity index is 228. The molecule has 0 spiro atoms. The Morgan fingerprint density at radius 3 is 2.17 bits per heavy atom. The quantitative estimate of drug-likeness (QED) is 0.650. The lowest BCUT2D eigenvalue weighted by molar-refractivity contribution is 0.225. The van der Waals surface area contributed by atoms with Gasteiger partial charge in [0.25, 0.3) is 0 Å². The number of nitrogens with one attached hydrogen (secondary N) is 1. The van der Waals surface area contributed by atoms with E-state index in [9.17, 15) is 0 Å². The highest BCUT2D eigenvalue weighted by Gasteiger charge is 2.13. The predicted octanol–water partition coefficient (Wildman–Crippen LogP) is 3.02. The lowest BCUT2D eigenvalue weighted by Gasteiger charge is -2.26. The molecule has 0 amide bonds. The minimum absolute atomic E-state index is 0.0132. The normalized spacial score (nSPS) is 13.3. The molecule has 0 aliphatic carbocycles. The van der Waals surface area contributed by atoms with Crippen LogP contribution in [0.4, 0.5) is 0 Å². The maximum Gasteiger partial charge on any atom is 0.0967 e. The minimum Gasteiger partial charge on any atom is -0.303 e. The molecule has 0 aromatic carbocycles. The van der Waals surface area contributed by atoms with Gasteiger partial charge < -0.3 is 4.90 Å². The van der Waals surface area contributed by atoms with Crippen molar-refractivity contribution < 1.29 is 0 Å². The average Bonchev–Trinajstić information content (AvgIpc) is 2.37. The molecule has 0 aliphatic rings. The van der Waals surface area contributed by atoms with Crippen LogP contribution in [-0.4, -0.2) is 36.6 Å². The molecule has 1 unspecified atom stereocenters. The third-order valence-electron chi connectivity index (χ3n) is 3.54. The fourth-order valence-electron chi connectivity index (χ4n) is 2.19. The first kappa shape index (κ1) is 17.4. The fourth-order valence-corrected chi connectivity index (χ4v) is 2.19. The summed E-state index contributed by atoms with van der Waals surface area (Å²) in [6.07, 6.45) is 3.42. The average molecular weight is 253 g/mol. The highest BCUT2D eigenvalue weighted by molar-refractivity contribution is 4.91. The Morgan fingerprint density at radius 2 is 1.78 bits per heavy atom. The zero-order chi connectivity index (χ0) is 14.0. The van der Waals surface area contributed by atoms with Crippen molar-refractivity contribution in [3.05, 3.63) is 0 Å². The van der Waals surface area contributed by atoms with Crippen molar-refractivity contribution >= 4 is 0 Å². The first-order chi connectivity index (χ1) is 8.57. The van der Waals surface area contributed by atoms with Crippen LogP contribution in [0, 0.1) is 17.2 Å². The molecule has 1 atom stereocenters. The van der Waals surface area contributed by atoms with E-state index in [1.165, 1.54) is 19.4 Å². The van der Waals surface area contributed by atoms with Gasteiger partial charge in [-0.25, -0.2) is 0 Å². The number of hydrogen-bond acceptors (Lipinski definition) is 3. The van der Waals surface area contributed by atoms with Crippen molar-refractivity contribution in [1.82, 2.24) is 10.2 Å². The van der Waals surface area contributed by atoms with Crippen molar-refractivity contribution in [3.63, 3.8) is 0 Å². The van der Waals surface area contributed by atoms with Gasteiger partial charge in [0.1, 0.15) is 0 Å². The van der Waals surface area contributed by atoms with Crippen molar-refractivity contribution in [2.24, 2.45) is 5.92 Å². The Balaban J connectivity index is 4.08. The summed E-state index contributed by atoms with van der Waals surface area (Å²) in [6.45, 7) is 14.2. The number of rotatable bonds is 10. The van der Waals surface area contributed by atoms with Crippen molar-refractivity contribution in [1.29, 1.82) is 5.26 Å². The molecule has 0 fully saturated rings. The largest absolute Gasteiger partial charge is 0.303 e. The molecule has 0 aromatic rings. The molecule has 1 N–H and O–H groups in total. The van der Waals surface area contributed by atoms with E-state index in [2.05, 4.69) is 50.9 Å². The summed E-state index contributed by atoms with van der Waals surface area (Å²) < 4.78 is 0. The van der Waals surface area contributed by atoms with Crippen molar-refractivity contribution in [3.8, 4) is 6.07 Å². The van der Waals surface area contributed by atoms with Gasteiger partial charge in [-0.3, -0.25) is 5.32 Å². The monoisotopic (exact) mass is 253 g/mol. The first-order valence-electron chi connectivity index (χ1n) is 7.45. The molecule has 3 nitrogen and oxygen atoms in total. The SMILES string of the molecule is CCC(CC)CN(CC)CCC(C#N)NC(C)C. The van der Waals surface area contributed by atoms with E-state index < -0.39 is 0 Å². The molecule has 0 aliphatic heterocycles. The molecular formula is C15H31N3. The number of nitriles is 1. The molecular weight excluding hydrogens is 222 g/mol. The van der Waals surface area contributed by atoms with Crippen molar-refractivity contribution in [2.45, 2.75) is 66.0 Å². The summed E-state index contributed by atoms with van der Waals surface area (Å²) in [7, 11) is 0. The summed E-state index contributed by atoms with van der Waals surface area (Å²) >= 11 is 0. The molecule has 0 bridgehead atoms. The minimum atomic E-state index is -0.0132. The standard InChI is InChI=1S/C15H31N3/c1-6-14(7-2)12-18(8-3)10-9-15(11-16)17-13(4)5/h13-15,17H,6-10,12H2,1-5H3. The van der Waals surface area contributed by atoms with Crippen LogP contribution in [0.3, 0.4) is 0 Å². The maximum atomic E-state index is 9.10. The molecule has 3 heteroatoms. The Hall–Kier alpha value is -0.590. The number of hydrogen-bond donors (Lipinski definition) is 1.